The van der Waals surface area contributed by atoms with Crippen molar-refractivity contribution < 1.29 is 0 Å². The van der Waals surface area contributed by atoms with E-state index in [1.165, 1.54) is 30.6 Å². The first-order valence-electron chi connectivity index (χ1n) is 5.78. The summed E-state index contributed by atoms with van der Waals surface area (Å²) in [5.41, 5.74) is 4.98. The fourth-order valence-corrected chi connectivity index (χ4v) is 2.37. The highest BCUT2D eigenvalue weighted by Gasteiger charge is 2.05. The van der Waals surface area contributed by atoms with Crippen LogP contribution in [0.25, 0.3) is 0 Å². The molecule has 1 heterocycles. The van der Waals surface area contributed by atoms with Gasteiger partial charge in [0.05, 0.1) is 5.51 Å². The third kappa shape index (κ3) is 3.17. The zero-order chi connectivity index (χ0) is 11.2. The molecule has 1 aliphatic rings. The van der Waals surface area contributed by atoms with Gasteiger partial charge in [-0.1, -0.05) is 24.3 Å². The molecule has 0 unspecified atom stereocenters. The van der Waals surface area contributed by atoms with Crippen LogP contribution in [0, 0.1) is 6.92 Å². The minimum atomic E-state index is 1.27. The SMILES string of the molecule is Cc1cncs1.c1ccc2c(c1)CCCC2. The number of benzene rings is 1. The lowest BCUT2D eigenvalue weighted by atomic mass is 9.92. The molecule has 0 aliphatic heterocycles. The van der Waals surface area contributed by atoms with E-state index in [0.717, 1.165) is 0 Å². The molecule has 0 spiro atoms. The summed E-state index contributed by atoms with van der Waals surface area (Å²) in [5, 5.41) is 0. The summed E-state index contributed by atoms with van der Waals surface area (Å²) in [6.45, 7) is 2.04. The van der Waals surface area contributed by atoms with Crippen molar-refractivity contribution in [2.75, 3.05) is 0 Å². The van der Waals surface area contributed by atoms with Crippen LogP contribution in [-0.4, -0.2) is 4.98 Å². The lowest BCUT2D eigenvalue weighted by Gasteiger charge is -2.13. The van der Waals surface area contributed by atoms with E-state index in [2.05, 4.69) is 29.2 Å². The molecule has 16 heavy (non-hydrogen) atoms. The molecular formula is C14H17NS. The predicted octanol–water partition coefficient (Wildman–Crippen LogP) is 4.02. The Labute approximate surface area is 101 Å². The zero-order valence-corrected chi connectivity index (χ0v) is 10.5. The van der Waals surface area contributed by atoms with E-state index in [1.54, 1.807) is 22.5 Å². The van der Waals surface area contributed by atoms with Crippen molar-refractivity contribution in [3.63, 3.8) is 0 Å². The largest absolute Gasteiger partial charge is 0.253 e. The van der Waals surface area contributed by atoms with Crippen LogP contribution in [0.3, 0.4) is 0 Å². The van der Waals surface area contributed by atoms with Gasteiger partial charge in [-0.3, -0.25) is 4.98 Å². The first-order chi connectivity index (χ1) is 7.86. The van der Waals surface area contributed by atoms with E-state index in [4.69, 9.17) is 0 Å². The molecule has 0 atom stereocenters. The highest BCUT2D eigenvalue weighted by molar-refractivity contribution is 7.09. The van der Waals surface area contributed by atoms with E-state index in [1.807, 2.05) is 18.6 Å². The third-order valence-electron chi connectivity index (χ3n) is 2.82. The van der Waals surface area contributed by atoms with Crippen molar-refractivity contribution in [1.82, 2.24) is 4.98 Å². The Bertz CT molecular complexity index is 395. The van der Waals surface area contributed by atoms with E-state index < -0.39 is 0 Å². The van der Waals surface area contributed by atoms with Gasteiger partial charge in [-0.25, -0.2) is 0 Å². The van der Waals surface area contributed by atoms with Crippen LogP contribution in [0.1, 0.15) is 28.8 Å². The molecule has 0 radical (unpaired) electrons. The van der Waals surface area contributed by atoms with Crippen LogP contribution in [0.2, 0.25) is 0 Å². The molecule has 2 aromatic rings. The number of nitrogens with zero attached hydrogens (tertiary/aromatic N) is 1. The van der Waals surface area contributed by atoms with Crippen LogP contribution >= 0.6 is 11.3 Å². The molecule has 0 fully saturated rings. The summed E-state index contributed by atoms with van der Waals surface area (Å²) in [5.74, 6) is 0. The number of hydrogen-bond acceptors (Lipinski definition) is 2. The van der Waals surface area contributed by atoms with Gasteiger partial charge in [0, 0.05) is 11.1 Å². The van der Waals surface area contributed by atoms with E-state index in [-0.39, 0.29) is 0 Å². The Kier molecular flexibility index (Phi) is 4.11. The van der Waals surface area contributed by atoms with Gasteiger partial charge in [0.15, 0.2) is 0 Å². The molecule has 0 bridgehead atoms. The summed E-state index contributed by atoms with van der Waals surface area (Å²) in [6, 6.07) is 8.80. The Morgan fingerprint density at radius 2 is 1.69 bits per heavy atom. The van der Waals surface area contributed by atoms with Crippen molar-refractivity contribution >= 4 is 11.3 Å². The third-order valence-corrected chi connectivity index (χ3v) is 3.52. The first-order valence-corrected chi connectivity index (χ1v) is 6.66. The van der Waals surface area contributed by atoms with Crippen molar-refractivity contribution in [3.05, 3.63) is 52.0 Å². The summed E-state index contributed by atoms with van der Waals surface area (Å²) in [6.07, 6.45) is 7.23. The minimum absolute atomic E-state index is 1.27. The summed E-state index contributed by atoms with van der Waals surface area (Å²) in [4.78, 5) is 5.11. The van der Waals surface area contributed by atoms with Crippen molar-refractivity contribution in [2.45, 2.75) is 32.6 Å². The molecule has 3 rings (SSSR count). The first kappa shape index (κ1) is 11.3. The number of fused-ring (bicyclic) bond motifs is 1. The predicted molar refractivity (Wildman–Crippen MR) is 69.9 cm³/mol. The van der Waals surface area contributed by atoms with Gasteiger partial charge in [0.1, 0.15) is 0 Å². The lowest BCUT2D eigenvalue weighted by molar-refractivity contribution is 0.685. The van der Waals surface area contributed by atoms with Crippen LogP contribution in [0.15, 0.2) is 36.0 Å². The van der Waals surface area contributed by atoms with Crippen LogP contribution in [0.4, 0.5) is 0 Å². The van der Waals surface area contributed by atoms with Gasteiger partial charge in [-0.05, 0) is 43.7 Å². The molecule has 84 valence electrons. The highest BCUT2D eigenvalue weighted by Crippen LogP contribution is 2.19. The average molecular weight is 231 g/mol. The fourth-order valence-electron chi connectivity index (χ4n) is 1.96. The maximum atomic E-state index is 3.84. The number of aryl methyl sites for hydroxylation is 3. The van der Waals surface area contributed by atoms with Gasteiger partial charge < -0.3 is 0 Å². The Morgan fingerprint density at radius 3 is 2.06 bits per heavy atom. The quantitative estimate of drug-likeness (QED) is 0.667. The van der Waals surface area contributed by atoms with Gasteiger partial charge in [-0.2, -0.15) is 0 Å². The van der Waals surface area contributed by atoms with Crippen molar-refractivity contribution in [1.29, 1.82) is 0 Å². The molecule has 1 aromatic heterocycles. The summed E-state index contributed by atoms with van der Waals surface area (Å²) < 4.78 is 0. The van der Waals surface area contributed by atoms with E-state index >= 15 is 0 Å². The van der Waals surface area contributed by atoms with Crippen LogP contribution in [0.5, 0.6) is 0 Å². The summed E-state index contributed by atoms with van der Waals surface area (Å²) >= 11 is 1.67. The van der Waals surface area contributed by atoms with Gasteiger partial charge in [-0.15, -0.1) is 11.3 Å². The van der Waals surface area contributed by atoms with E-state index in [9.17, 15) is 0 Å². The number of thiazole rings is 1. The number of aromatic nitrogens is 1. The second-order valence-electron chi connectivity index (χ2n) is 4.09. The molecule has 1 nitrogen and oxygen atoms in total. The molecule has 1 aliphatic carbocycles. The topological polar surface area (TPSA) is 12.9 Å². The Balaban J connectivity index is 0.000000138. The van der Waals surface area contributed by atoms with Crippen LogP contribution in [-0.2, 0) is 12.8 Å². The number of rotatable bonds is 0. The molecule has 0 saturated carbocycles. The van der Waals surface area contributed by atoms with Gasteiger partial charge in [0.2, 0.25) is 0 Å². The normalized spacial score (nSPS) is 13.6. The van der Waals surface area contributed by atoms with Crippen molar-refractivity contribution in [2.24, 2.45) is 0 Å². The van der Waals surface area contributed by atoms with Gasteiger partial charge in [0.25, 0.3) is 0 Å². The molecule has 0 amide bonds. The fraction of sp³-hybridized carbons (Fsp3) is 0.357. The zero-order valence-electron chi connectivity index (χ0n) is 9.65. The van der Waals surface area contributed by atoms with Crippen LogP contribution < -0.4 is 0 Å². The molecule has 2 heteroatoms. The Hall–Kier alpha value is -1.15. The maximum Gasteiger partial charge on any atom is 0.0794 e. The highest BCUT2D eigenvalue weighted by atomic mass is 32.1. The van der Waals surface area contributed by atoms with E-state index in [0.29, 0.717) is 0 Å². The molecule has 1 aromatic carbocycles. The standard InChI is InChI=1S/C10H12.C4H5NS/c1-2-6-10-8-4-3-7-9(10)5-1;1-4-2-5-3-6-4/h1-2,5-6H,3-4,7-8H2;2-3H,1H3. The summed E-state index contributed by atoms with van der Waals surface area (Å²) in [7, 11) is 0. The lowest BCUT2D eigenvalue weighted by Crippen LogP contribution is -2.00. The smallest absolute Gasteiger partial charge is 0.0794 e. The molecule has 0 N–H and O–H groups in total. The monoisotopic (exact) mass is 231 g/mol. The average Bonchev–Trinajstić information content (AvgIpc) is 2.81. The minimum Gasteiger partial charge on any atom is -0.253 e. The molecular weight excluding hydrogens is 214 g/mol. The number of hydrogen-bond donors (Lipinski definition) is 0. The van der Waals surface area contributed by atoms with Crippen molar-refractivity contribution in [3.8, 4) is 0 Å². The second-order valence-corrected chi connectivity index (χ2v) is 5.18. The Morgan fingerprint density at radius 1 is 1.06 bits per heavy atom. The van der Waals surface area contributed by atoms with Gasteiger partial charge >= 0.3 is 0 Å². The second kappa shape index (κ2) is 5.80. The molecule has 0 saturated heterocycles. The maximum absolute atomic E-state index is 3.84.